The van der Waals surface area contributed by atoms with Crippen molar-refractivity contribution >= 4 is 11.9 Å². The van der Waals surface area contributed by atoms with Gasteiger partial charge in [0.25, 0.3) is 5.91 Å². The molecule has 0 radical (unpaired) electrons. The molecule has 5 nitrogen and oxygen atoms in total. The zero-order valence-corrected chi connectivity index (χ0v) is 22.2. The summed E-state index contributed by atoms with van der Waals surface area (Å²) >= 11 is 0. The molecule has 196 valence electrons. The van der Waals surface area contributed by atoms with Crippen molar-refractivity contribution < 1.29 is 19.4 Å². The van der Waals surface area contributed by atoms with Crippen molar-refractivity contribution in [1.82, 2.24) is 5.32 Å². The topological polar surface area (TPSA) is 75.6 Å². The van der Waals surface area contributed by atoms with Crippen LogP contribution in [0.25, 0.3) is 0 Å². The lowest BCUT2D eigenvalue weighted by atomic mass is 9.78. The molecular formula is C32H39NO4. The Morgan fingerprint density at radius 3 is 2.14 bits per heavy atom. The highest BCUT2D eigenvalue weighted by Crippen LogP contribution is 2.34. The summed E-state index contributed by atoms with van der Waals surface area (Å²) in [5.74, 6) is -0.385. The molecule has 1 amide bonds. The van der Waals surface area contributed by atoms with Gasteiger partial charge in [0, 0.05) is 17.5 Å². The van der Waals surface area contributed by atoms with E-state index in [2.05, 4.69) is 62.5 Å². The normalized spacial score (nSPS) is 12.1. The van der Waals surface area contributed by atoms with E-state index in [1.165, 1.54) is 24.0 Å². The second kappa shape index (κ2) is 13.6. The molecule has 0 bridgehead atoms. The number of benzene rings is 3. The molecule has 0 heterocycles. The molecule has 0 aliphatic heterocycles. The van der Waals surface area contributed by atoms with Crippen LogP contribution in [0.15, 0.2) is 78.9 Å². The largest absolute Gasteiger partial charge is 0.486 e. The van der Waals surface area contributed by atoms with Gasteiger partial charge in [-0.3, -0.25) is 9.59 Å². The quantitative estimate of drug-likeness (QED) is 0.227. The Hall–Kier alpha value is -3.60. The van der Waals surface area contributed by atoms with Crippen molar-refractivity contribution in [2.75, 3.05) is 6.54 Å². The van der Waals surface area contributed by atoms with Crippen molar-refractivity contribution in [2.45, 2.75) is 70.8 Å². The second-order valence-electron chi connectivity index (χ2n) is 9.99. The fraction of sp³-hybridized carbons (Fsp3) is 0.375. The zero-order chi connectivity index (χ0) is 26.7. The molecular weight excluding hydrogens is 462 g/mol. The number of carboxylic acid groups (broad SMARTS) is 1. The number of carbonyl (C=O) groups excluding carboxylic acids is 1. The van der Waals surface area contributed by atoms with Crippen LogP contribution in [0.4, 0.5) is 0 Å². The molecule has 37 heavy (non-hydrogen) atoms. The number of aliphatic carboxylic acids is 1. The van der Waals surface area contributed by atoms with Crippen LogP contribution in [0.1, 0.15) is 92.4 Å². The minimum atomic E-state index is -0.935. The number of rotatable bonds is 14. The van der Waals surface area contributed by atoms with E-state index in [4.69, 9.17) is 9.84 Å². The van der Waals surface area contributed by atoms with Gasteiger partial charge in [-0.15, -0.1) is 0 Å². The summed E-state index contributed by atoms with van der Waals surface area (Å²) in [7, 11) is 0. The van der Waals surface area contributed by atoms with Gasteiger partial charge in [0.15, 0.2) is 0 Å². The number of amides is 1. The van der Waals surface area contributed by atoms with E-state index in [9.17, 15) is 9.59 Å². The number of unbranched alkanes of at least 4 members (excludes halogenated alkanes) is 3. The van der Waals surface area contributed by atoms with Gasteiger partial charge in [-0.1, -0.05) is 94.6 Å². The lowest BCUT2D eigenvalue weighted by Crippen LogP contribution is -2.26. The van der Waals surface area contributed by atoms with Crippen molar-refractivity contribution in [1.29, 1.82) is 0 Å². The van der Waals surface area contributed by atoms with E-state index in [1.807, 2.05) is 30.3 Å². The van der Waals surface area contributed by atoms with Crippen molar-refractivity contribution in [2.24, 2.45) is 0 Å². The Morgan fingerprint density at radius 2 is 1.51 bits per heavy atom. The molecule has 0 aliphatic carbocycles. The average Bonchev–Trinajstić information content (AvgIpc) is 2.91. The standard InChI is InChI=1S/C32H39NO4/c1-4-5-6-10-13-29(24-14-16-25(17-15-24)31(36)33-23-22-30(34)35)37-28-20-18-27(19-21-28)32(2,3)26-11-8-7-9-12-26/h7-9,11-12,14-21,29H,4-6,10,13,22-23H2,1-3H3,(H,33,36)(H,34,35). The van der Waals surface area contributed by atoms with Crippen LogP contribution >= 0.6 is 0 Å². The van der Waals surface area contributed by atoms with Crippen LogP contribution in [0.3, 0.4) is 0 Å². The van der Waals surface area contributed by atoms with Crippen LogP contribution in [0, 0.1) is 0 Å². The molecule has 1 atom stereocenters. The summed E-state index contributed by atoms with van der Waals surface area (Å²) in [6.45, 7) is 6.77. The molecule has 3 rings (SSSR count). The van der Waals surface area contributed by atoms with Crippen molar-refractivity contribution in [3.8, 4) is 5.75 Å². The van der Waals surface area contributed by atoms with Gasteiger partial charge in [0.2, 0.25) is 0 Å². The second-order valence-corrected chi connectivity index (χ2v) is 9.99. The number of hydrogen-bond acceptors (Lipinski definition) is 3. The molecule has 0 aliphatic rings. The maximum Gasteiger partial charge on any atom is 0.305 e. The minimum absolute atomic E-state index is 0.0984. The fourth-order valence-corrected chi connectivity index (χ4v) is 4.42. The smallest absolute Gasteiger partial charge is 0.305 e. The molecule has 0 fully saturated rings. The fourth-order valence-electron chi connectivity index (χ4n) is 4.42. The van der Waals surface area contributed by atoms with Gasteiger partial charge >= 0.3 is 5.97 Å². The number of hydrogen-bond donors (Lipinski definition) is 2. The van der Waals surface area contributed by atoms with Crippen LogP contribution < -0.4 is 10.1 Å². The molecule has 1 unspecified atom stereocenters. The van der Waals surface area contributed by atoms with Crippen molar-refractivity contribution in [3.05, 3.63) is 101 Å². The third kappa shape index (κ3) is 8.21. The van der Waals surface area contributed by atoms with Crippen LogP contribution in [0.2, 0.25) is 0 Å². The Balaban J connectivity index is 1.72. The summed E-state index contributed by atoms with van der Waals surface area (Å²) in [6.07, 6.45) is 5.27. The first-order valence-corrected chi connectivity index (χ1v) is 13.2. The first-order chi connectivity index (χ1) is 17.8. The van der Waals surface area contributed by atoms with E-state index in [0.717, 1.165) is 30.6 Å². The number of ether oxygens (including phenoxy) is 1. The summed E-state index contributed by atoms with van der Waals surface area (Å²) < 4.78 is 6.48. The molecule has 5 heteroatoms. The van der Waals surface area contributed by atoms with Gasteiger partial charge < -0.3 is 15.2 Å². The number of nitrogens with one attached hydrogen (secondary N) is 1. The van der Waals surface area contributed by atoms with Gasteiger partial charge in [0.05, 0.1) is 6.42 Å². The molecule has 2 N–H and O–H groups in total. The highest BCUT2D eigenvalue weighted by atomic mass is 16.5. The molecule has 0 spiro atoms. The highest BCUT2D eigenvalue weighted by molar-refractivity contribution is 5.94. The monoisotopic (exact) mass is 501 g/mol. The Morgan fingerprint density at radius 1 is 0.865 bits per heavy atom. The van der Waals surface area contributed by atoms with E-state index in [0.29, 0.717) is 5.56 Å². The Kier molecular flexibility index (Phi) is 10.3. The van der Waals surface area contributed by atoms with Gasteiger partial charge in [0.1, 0.15) is 11.9 Å². The lowest BCUT2D eigenvalue weighted by molar-refractivity contribution is -0.136. The van der Waals surface area contributed by atoms with Gasteiger partial charge in [-0.2, -0.15) is 0 Å². The SMILES string of the molecule is CCCCCCC(Oc1ccc(C(C)(C)c2ccccc2)cc1)c1ccc(C(=O)NCCC(=O)O)cc1. The summed E-state index contributed by atoms with van der Waals surface area (Å²) in [5.41, 5.74) is 3.91. The summed E-state index contributed by atoms with van der Waals surface area (Å²) in [5, 5.41) is 11.4. The van der Waals surface area contributed by atoms with E-state index < -0.39 is 5.97 Å². The number of carboxylic acids is 1. The average molecular weight is 502 g/mol. The maximum absolute atomic E-state index is 12.3. The minimum Gasteiger partial charge on any atom is -0.486 e. The highest BCUT2D eigenvalue weighted by Gasteiger charge is 2.23. The molecule has 0 saturated heterocycles. The molecule has 3 aromatic carbocycles. The third-order valence-corrected chi connectivity index (χ3v) is 6.84. The van der Waals surface area contributed by atoms with Crippen LogP contribution in [-0.2, 0) is 10.2 Å². The van der Waals surface area contributed by atoms with Crippen molar-refractivity contribution in [3.63, 3.8) is 0 Å². The van der Waals surface area contributed by atoms with E-state index in [-0.39, 0.29) is 30.4 Å². The lowest BCUT2D eigenvalue weighted by Gasteiger charge is -2.27. The first-order valence-electron chi connectivity index (χ1n) is 13.2. The summed E-state index contributed by atoms with van der Waals surface area (Å²) in [4.78, 5) is 23.0. The third-order valence-electron chi connectivity index (χ3n) is 6.84. The zero-order valence-electron chi connectivity index (χ0n) is 22.2. The van der Waals surface area contributed by atoms with Crippen LogP contribution in [0.5, 0.6) is 5.75 Å². The summed E-state index contributed by atoms with van der Waals surface area (Å²) in [6, 6.07) is 26.3. The van der Waals surface area contributed by atoms with Gasteiger partial charge in [-0.25, -0.2) is 0 Å². The first kappa shape index (κ1) is 28.0. The molecule has 0 aromatic heterocycles. The van der Waals surface area contributed by atoms with E-state index in [1.54, 1.807) is 12.1 Å². The molecule has 3 aromatic rings. The Bertz CT molecular complexity index is 1120. The molecule has 0 saturated carbocycles. The van der Waals surface area contributed by atoms with Crippen LogP contribution in [-0.4, -0.2) is 23.5 Å². The van der Waals surface area contributed by atoms with E-state index >= 15 is 0 Å². The maximum atomic E-state index is 12.3. The predicted molar refractivity (Wildman–Crippen MR) is 148 cm³/mol. The number of carbonyl (C=O) groups is 2. The predicted octanol–water partition coefficient (Wildman–Crippen LogP) is 7.31. The van der Waals surface area contributed by atoms with Gasteiger partial charge in [-0.05, 0) is 53.8 Å². The Labute approximate surface area is 220 Å².